The Hall–Kier alpha value is -2.26. The molecule has 1 aromatic carbocycles. The van der Waals surface area contributed by atoms with Gasteiger partial charge < -0.3 is 0 Å². The second-order valence-corrected chi connectivity index (χ2v) is 6.72. The van der Waals surface area contributed by atoms with Gasteiger partial charge >= 0.3 is 0 Å². The zero-order valence-corrected chi connectivity index (χ0v) is 13.2. The molecule has 0 fully saturated rings. The summed E-state index contributed by atoms with van der Waals surface area (Å²) < 4.78 is 28.3. The Balaban J connectivity index is 2.08. The summed E-state index contributed by atoms with van der Waals surface area (Å²) in [6, 6.07) is 6.42. The van der Waals surface area contributed by atoms with Crippen LogP contribution in [0.4, 0.5) is 5.95 Å². The minimum absolute atomic E-state index is 0.0730. The summed E-state index contributed by atoms with van der Waals surface area (Å²) in [5.74, 6) is -0.0730. The lowest BCUT2D eigenvalue weighted by molar-refractivity contribution is 0.600. The average Bonchev–Trinajstić information content (AvgIpc) is 2.94. The molecule has 0 radical (unpaired) electrons. The van der Waals surface area contributed by atoms with Crippen LogP contribution in [-0.2, 0) is 10.0 Å². The molecule has 114 valence electrons. The molecule has 2 heterocycles. The minimum atomic E-state index is -3.82. The van der Waals surface area contributed by atoms with Crippen molar-refractivity contribution in [3.8, 4) is 0 Å². The van der Waals surface area contributed by atoms with Crippen molar-refractivity contribution in [3.63, 3.8) is 0 Å². The van der Waals surface area contributed by atoms with E-state index in [4.69, 9.17) is 11.6 Å². The molecule has 22 heavy (non-hydrogen) atoms. The highest BCUT2D eigenvalue weighted by Gasteiger charge is 2.19. The van der Waals surface area contributed by atoms with Crippen molar-refractivity contribution in [2.24, 2.45) is 0 Å². The van der Waals surface area contributed by atoms with Gasteiger partial charge in [0, 0.05) is 5.56 Å². The first-order chi connectivity index (χ1) is 10.4. The van der Waals surface area contributed by atoms with Crippen LogP contribution in [-0.4, -0.2) is 33.4 Å². The number of sulfonamides is 1. The number of aromatic nitrogens is 5. The fourth-order valence-electron chi connectivity index (χ4n) is 1.84. The van der Waals surface area contributed by atoms with Crippen LogP contribution in [0.25, 0.3) is 5.65 Å². The van der Waals surface area contributed by atoms with Crippen LogP contribution in [0.1, 0.15) is 11.1 Å². The maximum atomic E-state index is 12.4. The van der Waals surface area contributed by atoms with Crippen molar-refractivity contribution in [3.05, 3.63) is 40.5 Å². The van der Waals surface area contributed by atoms with Crippen LogP contribution in [0.3, 0.4) is 0 Å². The summed E-state index contributed by atoms with van der Waals surface area (Å²) in [4.78, 5) is 4.11. The number of fused-ring (bicyclic) bond motifs is 1. The second kappa shape index (κ2) is 5.18. The summed E-state index contributed by atoms with van der Waals surface area (Å²) >= 11 is 5.99. The average molecular weight is 339 g/mol. The quantitative estimate of drug-likeness (QED) is 0.727. The Labute approximate surface area is 131 Å². The monoisotopic (exact) mass is 338 g/mol. The van der Waals surface area contributed by atoms with E-state index < -0.39 is 10.0 Å². The molecular formula is C12H11ClN6O2S. The smallest absolute Gasteiger partial charge is 0.247 e. The number of halogens is 1. The third-order valence-corrected chi connectivity index (χ3v) is 4.79. The number of hydrogen-bond acceptors (Lipinski definition) is 6. The van der Waals surface area contributed by atoms with Crippen LogP contribution in [0.5, 0.6) is 0 Å². The van der Waals surface area contributed by atoms with Gasteiger partial charge in [-0.25, -0.2) is 13.1 Å². The molecule has 0 aliphatic heterocycles. The predicted molar refractivity (Wildman–Crippen MR) is 80.3 cm³/mol. The fourth-order valence-corrected chi connectivity index (χ4v) is 2.99. The molecule has 0 bridgehead atoms. The highest BCUT2D eigenvalue weighted by molar-refractivity contribution is 7.92. The van der Waals surface area contributed by atoms with E-state index in [-0.39, 0.29) is 16.0 Å². The summed E-state index contributed by atoms with van der Waals surface area (Å²) in [7, 11) is -3.82. The van der Waals surface area contributed by atoms with Crippen molar-refractivity contribution in [2.45, 2.75) is 18.7 Å². The Morgan fingerprint density at radius 3 is 2.55 bits per heavy atom. The van der Waals surface area contributed by atoms with E-state index in [0.29, 0.717) is 11.2 Å². The molecule has 8 nitrogen and oxygen atoms in total. The second-order valence-electron chi connectivity index (χ2n) is 4.68. The molecule has 2 aromatic heterocycles. The van der Waals surface area contributed by atoms with Crippen molar-refractivity contribution in [2.75, 3.05) is 4.72 Å². The third-order valence-electron chi connectivity index (χ3n) is 3.08. The number of anilines is 1. The Morgan fingerprint density at radius 1 is 1.18 bits per heavy atom. The summed E-state index contributed by atoms with van der Waals surface area (Å²) in [6.45, 7) is 3.56. The van der Waals surface area contributed by atoms with Crippen LogP contribution < -0.4 is 4.72 Å². The normalized spacial score (nSPS) is 11.8. The van der Waals surface area contributed by atoms with Gasteiger partial charge in [-0.3, -0.25) is 0 Å². The first-order valence-corrected chi connectivity index (χ1v) is 8.08. The van der Waals surface area contributed by atoms with E-state index in [1.54, 1.807) is 19.1 Å². The molecule has 0 amide bonds. The number of tetrazole rings is 1. The van der Waals surface area contributed by atoms with Gasteiger partial charge in [-0.2, -0.15) is 9.50 Å². The topological polar surface area (TPSA) is 102 Å². The van der Waals surface area contributed by atoms with E-state index in [2.05, 4.69) is 25.2 Å². The van der Waals surface area contributed by atoms with Gasteiger partial charge in [-0.15, -0.1) is 5.10 Å². The van der Waals surface area contributed by atoms with Crippen molar-refractivity contribution in [1.82, 2.24) is 25.0 Å². The van der Waals surface area contributed by atoms with Crippen LogP contribution in [0.15, 0.2) is 29.2 Å². The predicted octanol–water partition coefficient (Wildman–Crippen LogP) is 1.59. The molecule has 1 N–H and O–H groups in total. The highest BCUT2D eigenvalue weighted by Crippen LogP contribution is 2.21. The lowest BCUT2D eigenvalue weighted by Gasteiger charge is -2.09. The molecule has 10 heteroatoms. The molecule has 0 atom stereocenters. The molecule has 0 saturated carbocycles. The number of benzene rings is 1. The van der Waals surface area contributed by atoms with Crippen molar-refractivity contribution in [1.29, 1.82) is 0 Å². The van der Waals surface area contributed by atoms with Gasteiger partial charge in [0.15, 0.2) is 5.65 Å². The van der Waals surface area contributed by atoms with E-state index >= 15 is 0 Å². The maximum absolute atomic E-state index is 12.4. The van der Waals surface area contributed by atoms with Gasteiger partial charge in [0.2, 0.25) is 5.95 Å². The molecule has 0 saturated heterocycles. The first-order valence-electron chi connectivity index (χ1n) is 6.22. The Bertz CT molecular complexity index is 952. The number of nitrogens with one attached hydrogen (secondary N) is 1. The van der Waals surface area contributed by atoms with Crippen LogP contribution >= 0.6 is 11.6 Å². The van der Waals surface area contributed by atoms with Crippen molar-refractivity contribution >= 4 is 33.2 Å². The van der Waals surface area contributed by atoms with E-state index in [9.17, 15) is 8.42 Å². The van der Waals surface area contributed by atoms with Gasteiger partial charge in [0.25, 0.3) is 10.0 Å². The molecule has 0 aliphatic carbocycles. The Morgan fingerprint density at radius 2 is 1.86 bits per heavy atom. The van der Waals surface area contributed by atoms with Gasteiger partial charge in [-0.05, 0) is 36.4 Å². The summed E-state index contributed by atoms with van der Waals surface area (Å²) in [5.41, 5.74) is 1.85. The lowest BCUT2D eigenvalue weighted by Crippen LogP contribution is -2.17. The number of aryl methyl sites for hydroxylation is 2. The van der Waals surface area contributed by atoms with Gasteiger partial charge in [-0.1, -0.05) is 29.3 Å². The molecule has 0 aliphatic rings. The standard InChI is InChI=1S/C12H11ClN6O2S/c1-7-3-5-9(6-4-7)22(20,21)16-12-14-10(13)8(2)11-15-17-18-19(11)12/h3-6H,1-2H3,(H,14,16). The summed E-state index contributed by atoms with van der Waals surface area (Å²) in [6.07, 6.45) is 0. The Kier molecular flexibility index (Phi) is 3.45. The molecule has 0 unspecified atom stereocenters. The van der Waals surface area contributed by atoms with Gasteiger partial charge in [0.1, 0.15) is 5.15 Å². The molecule has 3 aromatic rings. The zero-order valence-electron chi connectivity index (χ0n) is 11.6. The van der Waals surface area contributed by atoms with E-state index in [0.717, 1.165) is 5.56 Å². The molecule has 3 rings (SSSR count). The minimum Gasteiger partial charge on any atom is -0.247 e. The molecule has 0 spiro atoms. The van der Waals surface area contributed by atoms with Crippen LogP contribution in [0.2, 0.25) is 5.15 Å². The highest BCUT2D eigenvalue weighted by atomic mass is 35.5. The first kappa shape index (κ1) is 14.7. The van der Waals surface area contributed by atoms with E-state index in [1.807, 2.05) is 6.92 Å². The summed E-state index contributed by atoms with van der Waals surface area (Å²) in [5, 5.41) is 11.2. The van der Waals surface area contributed by atoms with Crippen molar-refractivity contribution < 1.29 is 8.42 Å². The van der Waals surface area contributed by atoms with E-state index in [1.165, 1.54) is 16.6 Å². The fraction of sp³-hybridized carbons (Fsp3) is 0.167. The largest absolute Gasteiger partial charge is 0.264 e. The van der Waals surface area contributed by atoms with Gasteiger partial charge in [0.05, 0.1) is 4.90 Å². The number of nitrogens with zero attached hydrogens (tertiary/aromatic N) is 5. The zero-order chi connectivity index (χ0) is 15.9. The maximum Gasteiger partial charge on any atom is 0.264 e. The van der Waals surface area contributed by atoms with Crippen LogP contribution in [0, 0.1) is 13.8 Å². The number of hydrogen-bond donors (Lipinski definition) is 1. The third kappa shape index (κ3) is 2.48. The lowest BCUT2D eigenvalue weighted by atomic mass is 10.2. The SMILES string of the molecule is Cc1ccc(S(=O)(=O)Nc2nc(Cl)c(C)c3nnnn23)cc1. The molecular weight excluding hydrogens is 328 g/mol. The number of rotatable bonds is 3.